The van der Waals surface area contributed by atoms with E-state index in [0.29, 0.717) is 0 Å². The van der Waals surface area contributed by atoms with Gasteiger partial charge in [-0.2, -0.15) is 11.1 Å². The quantitative estimate of drug-likeness (QED) is 0.382. The molecule has 1 radical (unpaired) electrons. The van der Waals surface area contributed by atoms with E-state index in [1.807, 2.05) is 24.3 Å². The van der Waals surface area contributed by atoms with Crippen molar-refractivity contribution in [3.63, 3.8) is 0 Å². The molecule has 0 amide bonds. The maximum Gasteiger partial charge on any atom is 0.203 e. The normalized spacial score (nSPS) is 10.0. The fourth-order valence-electron chi connectivity index (χ4n) is 0.864. The van der Waals surface area contributed by atoms with Crippen LogP contribution in [-0.2, 0) is 0 Å². The van der Waals surface area contributed by atoms with Gasteiger partial charge in [0.05, 0.1) is 0 Å². The summed E-state index contributed by atoms with van der Waals surface area (Å²) in [6, 6.07) is 11.1. The first-order chi connectivity index (χ1) is 5.34. The van der Waals surface area contributed by atoms with Crippen LogP contribution in [0.5, 0.6) is 0 Å². The van der Waals surface area contributed by atoms with Crippen molar-refractivity contribution in [2.45, 2.75) is 6.04 Å². The van der Waals surface area contributed by atoms with Crippen LogP contribution in [-0.4, -0.2) is 8.11 Å². The van der Waals surface area contributed by atoms with E-state index < -0.39 is 8.11 Å². The standard InChI is InChI=1S/C9H10ClSi/c1-2-8-11(10)9-6-4-3-5-7-9/h2-7H,1,8H2. The van der Waals surface area contributed by atoms with Gasteiger partial charge in [-0.15, -0.1) is 6.58 Å². The average molecular weight is 182 g/mol. The molecule has 0 heterocycles. The molecule has 2 heteroatoms. The third-order valence-electron chi connectivity index (χ3n) is 1.41. The molecule has 1 aromatic carbocycles. The van der Waals surface area contributed by atoms with E-state index in [2.05, 4.69) is 18.7 Å². The Morgan fingerprint density at radius 2 is 2.00 bits per heavy atom. The Morgan fingerprint density at radius 3 is 2.55 bits per heavy atom. The van der Waals surface area contributed by atoms with E-state index in [4.69, 9.17) is 11.1 Å². The third-order valence-corrected chi connectivity index (χ3v) is 4.14. The summed E-state index contributed by atoms with van der Waals surface area (Å²) in [6.45, 7) is 3.67. The van der Waals surface area contributed by atoms with E-state index in [1.54, 1.807) is 0 Å². The summed E-state index contributed by atoms with van der Waals surface area (Å²) in [4.78, 5) is 0. The van der Waals surface area contributed by atoms with Gasteiger partial charge in [0.25, 0.3) is 0 Å². The smallest absolute Gasteiger partial charge is 0.162 e. The molecule has 0 aliphatic heterocycles. The Hall–Kier alpha value is -0.533. The van der Waals surface area contributed by atoms with Gasteiger partial charge in [0.2, 0.25) is 8.11 Å². The minimum Gasteiger partial charge on any atom is -0.162 e. The van der Waals surface area contributed by atoms with Crippen molar-refractivity contribution in [1.82, 2.24) is 0 Å². The van der Waals surface area contributed by atoms with Crippen LogP contribution in [0.4, 0.5) is 0 Å². The Balaban J connectivity index is 2.68. The molecule has 0 nitrogen and oxygen atoms in total. The topological polar surface area (TPSA) is 0 Å². The Labute approximate surface area is 73.8 Å². The summed E-state index contributed by atoms with van der Waals surface area (Å²) in [5, 5.41) is 1.26. The van der Waals surface area contributed by atoms with Crippen molar-refractivity contribution >= 4 is 24.4 Å². The van der Waals surface area contributed by atoms with Gasteiger partial charge in [-0.1, -0.05) is 36.4 Å². The first-order valence-corrected chi connectivity index (χ1v) is 6.24. The van der Waals surface area contributed by atoms with Crippen LogP contribution in [0, 0.1) is 0 Å². The summed E-state index contributed by atoms with van der Waals surface area (Å²) in [6.07, 6.45) is 1.88. The molecule has 1 aromatic rings. The van der Waals surface area contributed by atoms with Gasteiger partial charge in [0.1, 0.15) is 0 Å². The van der Waals surface area contributed by atoms with E-state index in [9.17, 15) is 0 Å². The van der Waals surface area contributed by atoms with Crippen LogP contribution >= 0.6 is 11.1 Å². The summed E-state index contributed by atoms with van der Waals surface area (Å²) < 4.78 is 0. The van der Waals surface area contributed by atoms with Crippen molar-refractivity contribution in [1.29, 1.82) is 0 Å². The van der Waals surface area contributed by atoms with Crippen LogP contribution in [0.2, 0.25) is 6.04 Å². The lowest BCUT2D eigenvalue weighted by Crippen LogP contribution is -2.22. The van der Waals surface area contributed by atoms with Gasteiger partial charge in [-0.25, -0.2) is 0 Å². The van der Waals surface area contributed by atoms with E-state index in [0.717, 1.165) is 6.04 Å². The first-order valence-electron chi connectivity index (χ1n) is 3.52. The number of hydrogen-bond donors (Lipinski definition) is 0. The zero-order valence-corrected chi connectivity index (χ0v) is 8.01. The van der Waals surface area contributed by atoms with Crippen molar-refractivity contribution in [3.8, 4) is 0 Å². The molecule has 0 aliphatic rings. The van der Waals surface area contributed by atoms with Gasteiger partial charge >= 0.3 is 0 Å². The molecule has 0 aromatic heterocycles. The van der Waals surface area contributed by atoms with Crippen LogP contribution in [0.25, 0.3) is 0 Å². The molecule has 0 fully saturated rings. The van der Waals surface area contributed by atoms with E-state index in [-0.39, 0.29) is 0 Å². The lowest BCUT2D eigenvalue weighted by Gasteiger charge is -2.02. The lowest BCUT2D eigenvalue weighted by molar-refractivity contribution is 1.68. The summed E-state index contributed by atoms with van der Waals surface area (Å²) >= 11 is 6.14. The highest BCUT2D eigenvalue weighted by Crippen LogP contribution is 1.99. The monoisotopic (exact) mass is 181 g/mol. The summed E-state index contributed by atoms with van der Waals surface area (Å²) in [5.41, 5.74) is 0. The second kappa shape index (κ2) is 4.37. The zero-order chi connectivity index (χ0) is 8.10. The van der Waals surface area contributed by atoms with Gasteiger partial charge in [0, 0.05) is 0 Å². The Morgan fingerprint density at radius 1 is 1.36 bits per heavy atom. The van der Waals surface area contributed by atoms with Crippen molar-refractivity contribution in [2.24, 2.45) is 0 Å². The van der Waals surface area contributed by atoms with Crippen molar-refractivity contribution in [3.05, 3.63) is 43.0 Å². The predicted octanol–water partition coefficient (Wildman–Crippen LogP) is 2.31. The number of benzene rings is 1. The molecule has 0 N–H and O–H groups in total. The maximum absolute atomic E-state index is 6.14. The molecule has 0 bridgehead atoms. The number of rotatable bonds is 3. The average Bonchev–Trinajstić information content (AvgIpc) is 2.07. The first kappa shape index (κ1) is 8.56. The summed E-state index contributed by atoms with van der Waals surface area (Å²) in [7, 11) is -0.864. The SMILES string of the molecule is C=CC[Si](Cl)c1ccccc1. The molecular weight excluding hydrogens is 172 g/mol. The molecule has 11 heavy (non-hydrogen) atoms. The minimum atomic E-state index is -0.864. The molecule has 0 saturated carbocycles. The summed E-state index contributed by atoms with van der Waals surface area (Å²) in [5.74, 6) is 0. The van der Waals surface area contributed by atoms with E-state index >= 15 is 0 Å². The van der Waals surface area contributed by atoms with Gasteiger partial charge in [0.15, 0.2) is 0 Å². The molecule has 0 atom stereocenters. The van der Waals surface area contributed by atoms with Crippen LogP contribution in [0.15, 0.2) is 43.0 Å². The number of halogens is 1. The second-order valence-electron chi connectivity index (χ2n) is 2.26. The third kappa shape index (κ3) is 2.52. The molecule has 0 saturated heterocycles. The van der Waals surface area contributed by atoms with Crippen LogP contribution < -0.4 is 5.19 Å². The van der Waals surface area contributed by atoms with Gasteiger partial charge < -0.3 is 0 Å². The highest BCUT2D eigenvalue weighted by molar-refractivity contribution is 7.14. The van der Waals surface area contributed by atoms with Crippen LogP contribution in [0.3, 0.4) is 0 Å². The lowest BCUT2D eigenvalue weighted by atomic mass is 10.4. The van der Waals surface area contributed by atoms with Crippen molar-refractivity contribution < 1.29 is 0 Å². The Bertz CT molecular complexity index is 220. The van der Waals surface area contributed by atoms with E-state index in [1.165, 1.54) is 5.19 Å². The molecule has 0 aliphatic carbocycles. The zero-order valence-electron chi connectivity index (χ0n) is 6.26. The number of hydrogen-bond acceptors (Lipinski definition) is 0. The largest absolute Gasteiger partial charge is 0.203 e. The highest BCUT2D eigenvalue weighted by Gasteiger charge is 2.06. The molecule has 0 spiro atoms. The molecular formula is C9H10ClSi. The maximum atomic E-state index is 6.14. The van der Waals surface area contributed by atoms with Crippen molar-refractivity contribution in [2.75, 3.05) is 0 Å². The Kier molecular flexibility index (Phi) is 3.40. The fourth-order valence-corrected chi connectivity index (χ4v) is 2.61. The van der Waals surface area contributed by atoms with Gasteiger partial charge in [-0.05, 0) is 11.2 Å². The molecule has 0 unspecified atom stereocenters. The minimum absolute atomic E-state index is 0.864. The predicted molar refractivity (Wildman–Crippen MR) is 52.7 cm³/mol. The molecule has 1 rings (SSSR count). The fraction of sp³-hybridized carbons (Fsp3) is 0.111. The molecule has 57 valence electrons. The second-order valence-corrected chi connectivity index (χ2v) is 5.43. The van der Waals surface area contributed by atoms with Crippen LogP contribution in [0.1, 0.15) is 0 Å². The highest BCUT2D eigenvalue weighted by atomic mass is 35.6. The van der Waals surface area contributed by atoms with Gasteiger partial charge in [-0.3, -0.25) is 0 Å². The number of allylic oxidation sites excluding steroid dienone is 1.